The lowest BCUT2D eigenvalue weighted by Gasteiger charge is -2.12. The van der Waals surface area contributed by atoms with E-state index in [-0.39, 0.29) is 0 Å². The molecule has 84 valence electrons. The Bertz CT molecular complexity index is 480. The Hall–Kier alpha value is -2.17. The quantitative estimate of drug-likeness (QED) is 0.794. The largest absolute Gasteiger partial charge is 0.493 e. The first kappa shape index (κ1) is 10.4. The van der Waals surface area contributed by atoms with Crippen LogP contribution in [0, 0.1) is 0 Å². The number of nitrogens with zero attached hydrogens (tertiary/aromatic N) is 2. The minimum atomic E-state index is 0.607. The summed E-state index contributed by atoms with van der Waals surface area (Å²) >= 11 is 0. The van der Waals surface area contributed by atoms with Gasteiger partial charge < -0.3 is 19.8 Å². The molecular weight excluding hydrogens is 206 g/mol. The van der Waals surface area contributed by atoms with Crippen LogP contribution in [0.4, 0.5) is 5.69 Å². The van der Waals surface area contributed by atoms with Gasteiger partial charge in [-0.1, -0.05) is 0 Å². The Balaban J connectivity index is 2.55. The molecule has 2 aromatic rings. The molecule has 0 aliphatic heterocycles. The second-order valence-electron chi connectivity index (χ2n) is 3.24. The molecule has 0 saturated carbocycles. The smallest absolute Gasteiger partial charge is 0.162 e. The summed E-state index contributed by atoms with van der Waals surface area (Å²) in [6.45, 7) is 0. The van der Waals surface area contributed by atoms with Gasteiger partial charge in [0.05, 0.1) is 31.9 Å². The van der Waals surface area contributed by atoms with Crippen LogP contribution in [0.3, 0.4) is 0 Å². The molecule has 0 spiro atoms. The van der Waals surface area contributed by atoms with Crippen LogP contribution in [-0.4, -0.2) is 23.8 Å². The summed E-state index contributed by atoms with van der Waals surface area (Å²) < 4.78 is 12.2. The molecule has 0 aliphatic rings. The third-order valence-corrected chi connectivity index (χ3v) is 2.32. The molecule has 2 rings (SSSR count). The lowest BCUT2D eigenvalue weighted by atomic mass is 10.2. The number of nitrogens with two attached hydrogens (primary N) is 1. The summed E-state index contributed by atoms with van der Waals surface area (Å²) in [5.41, 5.74) is 7.35. The Morgan fingerprint density at radius 3 is 2.44 bits per heavy atom. The number of nitrogen functional groups attached to an aromatic ring is 1. The molecule has 1 aromatic heterocycles. The number of hydrogen-bond donors (Lipinski definition) is 1. The van der Waals surface area contributed by atoms with E-state index in [1.807, 2.05) is 16.8 Å². The number of aromatic nitrogens is 2. The maximum absolute atomic E-state index is 5.93. The van der Waals surface area contributed by atoms with Crippen LogP contribution in [0.15, 0.2) is 30.9 Å². The fourth-order valence-corrected chi connectivity index (χ4v) is 1.51. The van der Waals surface area contributed by atoms with Crippen molar-refractivity contribution in [2.45, 2.75) is 0 Å². The topological polar surface area (TPSA) is 62.3 Å². The van der Waals surface area contributed by atoms with Crippen molar-refractivity contribution < 1.29 is 9.47 Å². The summed E-state index contributed by atoms with van der Waals surface area (Å²) in [5, 5.41) is 0. The van der Waals surface area contributed by atoms with Crippen LogP contribution >= 0.6 is 0 Å². The first-order chi connectivity index (χ1) is 7.76. The zero-order valence-corrected chi connectivity index (χ0v) is 9.18. The van der Waals surface area contributed by atoms with Gasteiger partial charge in [-0.2, -0.15) is 0 Å². The molecular formula is C11H13N3O2. The molecule has 1 aromatic carbocycles. The zero-order valence-electron chi connectivity index (χ0n) is 9.18. The highest BCUT2D eigenvalue weighted by Gasteiger charge is 2.09. The molecule has 0 saturated heterocycles. The Kier molecular flexibility index (Phi) is 2.68. The van der Waals surface area contributed by atoms with Crippen LogP contribution in [0.2, 0.25) is 0 Å². The SMILES string of the molecule is COc1cc(N)c(-n2ccnc2)cc1OC. The second kappa shape index (κ2) is 4.14. The third kappa shape index (κ3) is 1.67. The lowest BCUT2D eigenvalue weighted by molar-refractivity contribution is 0.355. The molecule has 1 heterocycles. The summed E-state index contributed by atoms with van der Waals surface area (Å²) in [5.74, 6) is 1.25. The monoisotopic (exact) mass is 219 g/mol. The van der Waals surface area contributed by atoms with E-state index in [2.05, 4.69) is 4.98 Å². The van der Waals surface area contributed by atoms with Crippen LogP contribution in [0.25, 0.3) is 5.69 Å². The van der Waals surface area contributed by atoms with Crippen molar-refractivity contribution in [2.75, 3.05) is 20.0 Å². The Morgan fingerprint density at radius 2 is 1.88 bits per heavy atom. The van der Waals surface area contributed by atoms with Crippen LogP contribution < -0.4 is 15.2 Å². The number of anilines is 1. The van der Waals surface area contributed by atoms with E-state index < -0.39 is 0 Å². The minimum Gasteiger partial charge on any atom is -0.493 e. The van der Waals surface area contributed by atoms with Crippen LogP contribution in [-0.2, 0) is 0 Å². The molecule has 2 N–H and O–H groups in total. The Morgan fingerprint density at radius 1 is 1.19 bits per heavy atom. The van der Waals surface area contributed by atoms with Gasteiger partial charge in [-0.25, -0.2) is 4.98 Å². The molecule has 0 bridgehead atoms. The number of ether oxygens (including phenoxy) is 2. The zero-order chi connectivity index (χ0) is 11.5. The summed E-state index contributed by atoms with van der Waals surface area (Å²) in [6.07, 6.45) is 5.19. The van der Waals surface area contributed by atoms with Crippen molar-refractivity contribution >= 4 is 5.69 Å². The van der Waals surface area contributed by atoms with E-state index in [1.54, 1.807) is 32.8 Å². The second-order valence-corrected chi connectivity index (χ2v) is 3.24. The average molecular weight is 219 g/mol. The van der Waals surface area contributed by atoms with Crippen molar-refractivity contribution in [1.82, 2.24) is 9.55 Å². The van der Waals surface area contributed by atoms with Gasteiger partial charge in [0.2, 0.25) is 0 Å². The van der Waals surface area contributed by atoms with Gasteiger partial charge in [0.1, 0.15) is 0 Å². The molecule has 0 radical (unpaired) electrons. The number of hydrogen-bond acceptors (Lipinski definition) is 4. The number of benzene rings is 1. The fourth-order valence-electron chi connectivity index (χ4n) is 1.51. The molecule has 5 nitrogen and oxygen atoms in total. The molecule has 5 heteroatoms. The first-order valence-electron chi connectivity index (χ1n) is 4.76. The number of methoxy groups -OCH3 is 2. The van der Waals surface area contributed by atoms with Crippen LogP contribution in [0.1, 0.15) is 0 Å². The van der Waals surface area contributed by atoms with Crippen molar-refractivity contribution in [3.8, 4) is 17.2 Å². The number of imidazole rings is 1. The standard InChI is InChI=1S/C11H13N3O2/c1-15-10-5-8(12)9(6-11(10)16-2)14-4-3-13-7-14/h3-7H,12H2,1-2H3. The molecule has 16 heavy (non-hydrogen) atoms. The number of rotatable bonds is 3. The molecule has 0 aliphatic carbocycles. The minimum absolute atomic E-state index is 0.607. The first-order valence-corrected chi connectivity index (χ1v) is 4.76. The molecule has 0 fully saturated rings. The van der Waals surface area contributed by atoms with E-state index in [0.717, 1.165) is 5.69 Å². The third-order valence-electron chi connectivity index (χ3n) is 2.32. The van der Waals surface area contributed by atoms with Gasteiger partial charge >= 0.3 is 0 Å². The highest BCUT2D eigenvalue weighted by Crippen LogP contribution is 2.33. The van der Waals surface area contributed by atoms with Crippen LogP contribution in [0.5, 0.6) is 11.5 Å². The summed E-state index contributed by atoms with van der Waals surface area (Å²) in [6, 6.07) is 3.55. The maximum Gasteiger partial charge on any atom is 0.162 e. The predicted octanol–water partition coefficient (Wildman–Crippen LogP) is 1.47. The van der Waals surface area contributed by atoms with E-state index in [9.17, 15) is 0 Å². The van der Waals surface area contributed by atoms with E-state index in [4.69, 9.17) is 15.2 Å². The summed E-state index contributed by atoms with van der Waals surface area (Å²) in [4.78, 5) is 3.97. The highest BCUT2D eigenvalue weighted by atomic mass is 16.5. The Labute approximate surface area is 93.4 Å². The molecule has 0 amide bonds. The highest BCUT2D eigenvalue weighted by molar-refractivity contribution is 5.65. The van der Waals surface area contributed by atoms with Crippen molar-refractivity contribution in [1.29, 1.82) is 0 Å². The van der Waals surface area contributed by atoms with Gasteiger partial charge in [-0.05, 0) is 0 Å². The normalized spacial score (nSPS) is 10.1. The molecule has 0 unspecified atom stereocenters. The van der Waals surface area contributed by atoms with Gasteiger partial charge in [0.15, 0.2) is 11.5 Å². The van der Waals surface area contributed by atoms with Gasteiger partial charge in [0, 0.05) is 24.5 Å². The van der Waals surface area contributed by atoms with Crippen molar-refractivity contribution in [3.63, 3.8) is 0 Å². The van der Waals surface area contributed by atoms with E-state index >= 15 is 0 Å². The van der Waals surface area contributed by atoms with E-state index in [0.29, 0.717) is 17.2 Å². The lowest BCUT2D eigenvalue weighted by Crippen LogP contribution is -2.00. The maximum atomic E-state index is 5.93. The molecule has 0 atom stereocenters. The average Bonchev–Trinajstić information content (AvgIpc) is 2.82. The van der Waals surface area contributed by atoms with Crippen molar-refractivity contribution in [3.05, 3.63) is 30.9 Å². The van der Waals surface area contributed by atoms with Gasteiger partial charge in [-0.15, -0.1) is 0 Å². The fraction of sp³-hybridized carbons (Fsp3) is 0.182. The van der Waals surface area contributed by atoms with Gasteiger partial charge in [0.25, 0.3) is 0 Å². The predicted molar refractivity (Wildman–Crippen MR) is 61.1 cm³/mol. The summed E-state index contributed by atoms with van der Waals surface area (Å²) in [7, 11) is 3.17. The van der Waals surface area contributed by atoms with Crippen molar-refractivity contribution in [2.24, 2.45) is 0 Å². The van der Waals surface area contributed by atoms with E-state index in [1.165, 1.54) is 0 Å². The van der Waals surface area contributed by atoms with Gasteiger partial charge in [-0.3, -0.25) is 0 Å².